The second-order valence-corrected chi connectivity index (χ2v) is 11.4. The Labute approximate surface area is 255 Å². The number of hydrogen-bond donors (Lipinski definition) is 1. The second-order valence-electron chi connectivity index (χ2n) is 11.4. The van der Waals surface area contributed by atoms with Crippen molar-refractivity contribution in [2.45, 2.75) is 31.9 Å². The summed E-state index contributed by atoms with van der Waals surface area (Å²) in [5, 5.41) is 3.61. The first kappa shape index (κ1) is 29.6. The number of nitrogens with zero attached hydrogens (tertiary/aromatic N) is 5. The van der Waals surface area contributed by atoms with Crippen molar-refractivity contribution in [2.75, 3.05) is 52.3 Å². The maximum absolute atomic E-state index is 13.7. The van der Waals surface area contributed by atoms with Crippen LogP contribution in [0.2, 0.25) is 0 Å². The minimum absolute atomic E-state index is 0.0189. The number of ether oxygens (including phenoxy) is 2. The molecular weight excluding hydrogens is 560 g/mol. The Morgan fingerprint density at radius 1 is 1.00 bits per heavy atom. The molecule has 2 fully saturated rings. The molecule has 1 amide bonds. The number of hydrogen-bond acceptors (Lipinski definition) is 9. The third-order valence-electron chi connectivity index (χ3n) is 8.52. The van der Waals surface area contributed by atoms with E-state index in [0.717, 1.165) is 50.1 Å². The molecule has 11 heteroatoms. The number of anilines is 1. The van der Waals surface area contributed by atoms with Crippen LogP contribution in [0.3, 0.4) is 0 Å². The highest BCUT2D eigenvalue weighted by Gasteiger charge is 2.54. The predicted molar refractivity (Wildman–Crippen MR) is 167 cm³/mol. The first-order chi connectivity index (χ1) is 21.3. The highest BCUT2D eigenvalue weighted by molar-refractivity contribution is 6.01. The lowest BCUT2D eigenvalue weighted by Gasteiger charge is -2.37. The van der Waals surface area contributed by atoms with Gasteiger partial charge >= 0.3 is 5.97 Å². The van der Waals surface area contributed by atoms with E-state index in [1.54, 1.807) is 38.4 Å². The molecule has 0 atom stereocenters. The highest BCUT2D eigenvalue weighted by atomic mass is 16.5. The number of benzene rings is 2. The summed E-state index contributed by atoms with van der Waals surface area (Å²) >= 11 is 0. The molecule has 1 saturated heterocycles. The van der Waals surface area contributed by atoms with E-state index in [2.05, 4.69) is 32.1 Å². The second kappa shape index (κ2) is 12.3. The van der Waals surface area contributed by atoms with Gasteiger partial charge in [-0.05, 0) is 62.7 Å². The molecule has 2 aromatic carbocycles. The Morgan fingerprint density at radius 3 is 2.52 bits per heavy atom. The zero-order valence-corrected chi connectivity index (χ0v) is 25.2. The zero-order chi connectivity index (χ0) is 30.8. The van der Waals surface area contributed by atoms with Gasteiger partial charge in [-0.15, -0.1) is 0 Å². The number of carbonyl (C=O) groups excluding carboxylic acids is 2. The van der Waals surface area contributed by atoms with Gasteiger partial charge in [-0.3, -0.25) is 24.0 Å². The van der Waals surface area contributed by atoms with Gasteiger partial charge in [-0.1, -0.05) is 12.1 Å². The number of rotatable bonds is 9. The van der Waals surface area contributed by atoms with Crippen molar-refractivity contribution in [3.8, 4) is 16.8 Å². The van der Waals surface area contributed by atoms with E-state index < -0.39 is 11.5 Å². The molecule has 1 aliphatic carbocycles. The highest BCUT2D eigenvalue weighted by Crippen LogP contribution is 2.43. The Morgan fingerprint density at radius 2 is 1.80 bits per heavy atom. The van der Waals surface area contributed by atoms with Gasteiger partial charge in [0.25, 0.3) is 5.56 Å². The summed E-state index contributed by atoms with van der Waals surface area (Å²) in [5.74, 6) is -0.461. The molecule has 1 N–H and O–H groups in total. The number of likely N-dealkylation sites (N-methyl/N-ethyl adjacent to an activating group) is 1. The van der Waals surface area contributed by atoms with Crippen LogP contribution in [0.5, 0.6) is 0 Å². The maximum atomic E-state index is 13.7. The lowest BCUT2D eigenvalue weighted by molar-refractivity contribution is -0.123. The van der Waals surface area contributed by atoms with Crippen LogP contribution >= 0.6 is 0 Å². The Kier molecular flexibility index (Phi) is 8.26. The third-order valence-corrected chi connectivity index (χ3v) is 8.52. The van der Waals surface area contributed by atoms with Crippen LogP contribution in [0.25, 0.3) is 27.7 Å². The van der Waals surface area contributed by atoms with Gasteiger partial charge in [-0.2, -0.15) is 0 Å². The molecule has 6 rings (SSSR count). The van der Waals surface area contributed by atoms with Crippen LogP contribution in [-0.4, -0.2) is 88.7 Å². The molecule has 11 nitrogen and oxygen atoms in total. The molecule has 228 valence electrons. The quantitative estimate of drug-likeness (QED) is 0.290. The van der Waals surface area contributed by atoms with Crippen molar-refractivity contribution in [1.82, 2.24) is 24.3 Å². The number of piperazine rings is 1. The van der Waals surface area contributed by atoms with E-state index in [1.165, 1.54) is 17.1 Å². The topological polar surface area (TPSA) is 119 Å². The van der Waals surface area contributed by atoms with Gasteiger partial charge in [-0.25, -0.2) is 9.78 Å². The summed E-state index contributed by atoms with van der Waals surface area (Å²) in [4.78, 5) is 52.8. The number of carbonyl (C=O) groups is 2. The molecule has 1 saturated carbocycles. The van der Waals surface area contributed by atoms with E-state index in [9.17, 15) is 14.4 Å². The number of aromatic nitrogens is 3. The van der Waals surface area contributed by atoms with Crippen LogP contribution in [0.15, 0.2) is 66.0 Å². The largest absolute Gasteiger partial charge is 0.462 e. The molecule has 1 aliphatic heterocycles. The van der Waals surface area contributed by atoms with Gasteiger partial charge in [0, 0.05) is 62.5 Å². The van der Waals surface area contributed by atoms with Crippen LogP contribution in [0.4, 0.5) is 5.69 Å². The van der Waals surface area contributed by atoms with Crippen LogP contribution < -0.4 is 10.9 Å². The summed E-state index contributed by atoms with van der Waals surface area (Å²) < 4.78 is 12.0. The molecule has 44 heavy (non-hydrogen) atoms. The van der Waals surface area contributed by atoms with Crippen molar-refractivity contribution < 1.29 is 19.1 Å². The van der Waals surface area contributed by atoms with Gasteiger partial charge in [0.2, 0.25) is 5.91 Å². The summed E-state index contributed by atoms with van der Waals surface area (Å²) in [6, 6.07) is 12.5. The molecule has 0 radical (unpaired) electrons. The van der Waals surface area contributed by atoms with E-state index in [-0.39, 0.29) is 18.1 Å². The Hall–Kier alpha value is -4.45. The molecule has 0 unspecified atom stereocenters. The van der Waals surface area contributed by atoms with Gasteiger partial charge in [0.15, 0.2) is 0 Å². The van der Waals surface area contributed by atoms with Crippen LogP contribution in [-0.2, 0) is 20.9 Å². The van der Waals surface area contributed by atoms with Gasteiger partial charge in [0.05, 0.1) is 35.4 Å². The summed E-state index contributed by atoms with van der Waals surface area (Å²) in [7, 11) is 3.72. The van der Waals surface area contributed by atoms with Gasteiger partial charge in [0.1, 0.15) is 11.9 Å². The Bertz CT molecular complexity index is 1770. The SMILES string of the molecule is CCOC(=O)c1cncc(-c2ccc3c(=O)n(-c4ccc(COC)c(NC(=O)C5(N6CCN(C)CC6)CC5)c4)cnc3c2)c1. The molecule has 3 heterocycles. The summed E-state index contributed by atoms with van der Waals surface area (Å²) in [6.45, 7) is 5.95. The monoisotopic (exact) mass is 596 g/mol. The molecule has 4 aromatic rings. The number of fused-ring (bicyclic) bond motifs is 1. The average Bonchev–Trinajstić information content (AvgIpc) is 3.85. The smallest absolute Gasteiger partial charge is 0.339 e. The Balaban J connectivity index is 1.29. The fourth-order valence-corrected chi connectivity index (χ4v) is 5.80. The minimum Gasteiger partial charge on any atom is -0.462 e. The van der Waals surface area contributed by atoms with E-state index in [4.69, 9.17) is 9.47 Å². The number of amides is 1. The fraction of sp³-hybridized carbons (Fsp3) is 0.364. The molecule has 2 aliphatic rings. The van der Waals surface area contributed by atoms with Crippen molar-refractivity contribution in [3.05, 3.63) is 82.7 Å². The number of nitrogens with one attached hydrogen (secondary N) is 1. The number of methoxy groups -OCH3 is 1. The van der Waals surface area contributed by atoms with Crippen molar-refractivity contribution in [2.24, 2.45) is 0 Å². The summed E-state index contributed by atoms with van der Waals surface area (Å²) in [6.07, 6.45) is 6.27. The van der Waals surface area contributed by atoms with Gasteiger partial charge < -0.3 is 19.7 Å². The van der Waals surface area contributed by atoms with Crippen molar-refractivity contribution >= 4 is 28.5 Å². The standard InChI is InChI=1S/C33H36N6O5/c1-4-44-31(41)25-15-24(18-34-19-25)22-6-8-27-29(16-22)35-21-39(30(27)40)26-7-5-23(20-43-3)28(17-26)36-32(42)33(9-10-33)38-13-11-37(2)12-14-38/h5-8,15-19,21H,4,9-14,20H2,1-3H3,(H,36,42). The molecule has 0 bridgehead atoms. The predicted octanol–water partition coefficient (Wildman–Crippen LogP) is 3.49. The first-order valence-electron chi connectivity index (χ1n) is 14.8. The van der Waals surface area contributed by atoms with Crippen molar-refractivity contribution in [1.29, 1.82) is 0 Å². The fourth-order valence-electron chi connectivity index (χ4n) is 5.80. The minimum atomic E-state index is -0.480. The number of esters is 1. The van der Waals surface area contributed by atoms with E-state index in [0.29, 0.717) is 40.0 Å². The van der Waals surface area contributed by atoms with Crippen molar-refractivity contribution in [3.63, 3.8) is 0 Å². The lowest BCUT2D eigenvalue weighted by atomic mass is 10.0. The van der Waals surface area contributed by atoms with Crippen LogP contribution in [0.1, 0.15) is 35.7 Å². The van der Waals surface area contributed by atoms with E-state index >= 15 is 0 Å². The zero-order valence-electron chi connectivity index (χ0n) is 25.2. The maximum Gasteiger partial charge on any atom is 0.339 e. The van der Waals surface area contributed by atoms with E-state index in [1.807, 2.05) is 24.3 Å². The molecule has 0 spiro atoms. The molecule has 2 aromatic heterocycles. The third kappa shape index (κ3) is 5.73. The lowest BCUT2D eigenvalue weighted by Crippen LogP contribution is -2.54. The average molecular weight is 597 g/mol. The number of pyridine rings is 1. The molecular formula is C33H36N6O5. The normalized spacial score (nSPS) is 16.5. The summed E-state index contributed by atoms with van der Waals surface area (Å²) in [5.41, 5.74) is 3.64. The first-order valence-corrected chi connectivity index (χ1v) is 14.8. The van der Waals surface area contributed by atoms with Crippen LogP contribution in [0, 0.1) is 0 Å².